The van der Waals surface area contributed by atoms with Gasteiger partial charge in [0.15, 0.2) is 5.75 Å². The zero-order chi connectivity index (χ0) is 13.9. The summed E-state index contributed by atoms with van der Waals surface area (Å²) in [5.41, 5.74) is -0.783. The van der Waals surface area contributed by atoms with Gasteiger partial charge in [-0.2, -0.15) is 0 Å². The summed E-state index contributed by atoms with van der Waals surface area (Å²) >= 11 is 0. The summed E-state index contributed by atoms with van der Waals surface area (Å²) in [5, 5.41) is 24.1. The molecule has 1 aliphatic rings. The van der Waals surface area contributed by atoms with E-state index in [0.717, 1.165) is 0 Å². The molecule has 1 aromatic rings. The van der Waals surface area contributed by atoms with Gasteiger partial charge in [0.1, 0.15) is 11.3 Å². The Morgan fingerprint density at radius 1 is 1.63 bits per heavy atom. The number of nitrogens with one attached hydrogen (secondary N) is 1. The van der Waals surface area contributed by atoms with Crippen LogP contribution in [0.2, 0.25) is 0 Å². The Morgan fingerprint density at radius 2 is 2.42 bits per heavy atom. The summed E-state index contributed by atoms with van der Waals surface area (Å²) in [6, 6.07) is 4.76. The van der Waals surface area contributed by atoms with Crippen LogP contribution in [0.15, 0.2) is 18.2 Å². The van der Waals surface area contributed by atoms with E-state index in [1.807, 2.05) is 0 Å². The summed E-state index contributed by atoms with van der Waals surface area (Å²) in [6.45, 7) is 0.928. The van der Waals surface area contributed by atoms with Gasteiger partial charge in [-0.1, -0.05) is 6.07 Å². The molecule has 2 rings (SSSR count). The van der Waals surface area contributed by atoms with Crippen molar-refractivity contribution in [2.24, 2.45) is 0 Å². The molecule has 0 amide bonds. The smallest absolute Gasteiger partial charge is 0.333 e. The van der Waals surface area contributed by atoms with E-state index >= 15 is 0 Å². The number of nitro benzene ring substituents is 1. The predicted molar refractivity (Wildman–Crippen MR) is 68.5 cm³/mol. The largest absolute Gasteiger partial charge is 0.490 e. The van der Waals surface area contributed by atoms with E-state index in [4.69, 9.17) is 9.47 Å². The van der Waals surface area contributed by atoms with Gasteiger partial charge in [0.25, 0.3) is 0 Å². The average molecular weight is 268 g/mol. The van der Waals surface area contributed by atoms with Crippen LogP contribution in [0.25, 0.3) is 0 Å². The third kappa shape index (κ3) is 2.94. The first-order chi connectivity index (χ1) is 9.06. The van der Waals surface area contributed by atoms with E-state index < -0.39 is 10.5 Å². The predicted octanol–water partition coefficient (Wildman–Crippen LogP) is 1.17. The van der Waals surface area contributed by atoms with Crippen molar-refractivity contribution in [2.75, 3.05) is 32.2 Å². The number of nitro groups is 1. The summed E-state index contributed by atoms with van der Waals surface area (Å²) < 4.78 is 10.1. The highest BCUT2D eigenvalue weighted by molar-refractivity contribution is 5.68. The third-order valence-corrected chi connectivity index (χ3v) is 3.09. The van der Waals surface area contributed by atoms with Crippen molar-refractivity contribution < 1.29 is 19.5 Å². The van der Waals surface area contributed by atoms with Crippen molar-refractivity contribution in [2.45, 2.75) is 12.0 Å². The highest BCUT2D eigenvalue weighted by atomic mass is 16.6. The van der Waals surface area contributed by atoms with Gasteiger partial charge in [0, 0.05) is 19.6 Å². The summed E-state index contributed by atoms with van der Waals surface area (Å²) in [7, 11) is 1.38. The van der Waals surface area contributed by atoms with E-state index in [1.54, 1.807) is 12.1 Å². The number of methoxy groups -OCH3 is 1. The van der Waals surface area contributed by atoms with Gasteiger partial charge in [-0.3, -0.25) is 10.1 Å². The first-order valence-electron chi connectivity index (χ1n) is 5.91. The Hall–Kier alpha value is -1.86. The number of hydrogen-bond donors (Lipinski definition) is 2. The standard InChI is InChI=1S/C12H16N2O5/c1-18-10-4-2-3-9(11(10)14(16)17)13-7-12(15)5-6-19-8-12/h2-4,13,15H,5-8H2,1H3/t12-/m0/s1. The number of para-hydroxylation sites is 1. The van der Waals surface area contributed by atoms with E-state index in [9.17, 15) is 15.2 Å². The van der Waals surface area contributed by atoms with Gasteiger partial charge in [0.2, 0.25) is 0 Å². The molecule has 0 spiro atoms. The fourth-order valence-electron chi connectivity index (χ4n) is 2.01. The van der Waals surface area contributed by atoms with Crippen molar-refractivity contribution in [3.8, 4) is 5.75 Å². The van der Waals surface area contributed by atoms with Crippen LogP contribution >= 0.6 is 0 Å². The van der Waals surface area contributed by atoms with Gasteiger partial charge in [-0.15, -0.1) is 0 Å². The molecule has 1 aromatic carbocycles. The van der Waals surface area contributed by atoms with Crippen molar-refractivity contribution in [3.05, 3.63) is 28.3 Å². The van der Waals surface area contributed by atoms with Crippen LogP contribution in [0.3, 0.4) is 0 Å². The SMILES string of the molecule is COc1cccc(NC[C@@]2(O)CCOC2)c1[N+](=O)[O-]. The second kappa shape index (κ2) is 5.41. The Kier molecular flexibility index (Phi) is 3.87. The Bertz CT molecular complexity index is 471. The molecule has 0 bridgehead atoms. The maximum Gasteiger partial charge on any atom is 0.333 e. The van der Waals surface area contributed by atoms with Gasteiger partial charge in [-0.05, 0) is 12.1 Å². The number of anilines is 1. The molecule has 1 aliphatic heterocycles. The van der Waals surface area contributed by atoms with Crippen molar-refractivity contribution in [1.82, 2.24) is 0 Å². The molecular formula is C12H16N2O5. The lowest BCUT2D eigenvalue weighted by Gasteiger charge is -2.21. The van der Waals surface area contributed by atoms with E-state index in [0.29, 0.717) is 18.7 Å². The van der Waals surface area contributed by atoms with Crippen molar-refractivity contribution >= 4 is 11.4 Å². The van der Waals surface area contributed by atoms with E-state index in [-0.39, 0.29) is 24.6 Å². The fourth-order valence-corrected chi connectivity index (χ4v) is 2.01. The topological polar surface area (TPSA) is 93.9 Å². The van der Waals surface area contributed by atoms with Crippen LogP contribution < -0.4 is 10.1 Å². The quantitative estimate of drug-likeness (QED) is 0.615. The second-order valence-electron chi connectivity index (χ2n) is 4.49. The number of rotatable bonds is 5. The molecule has 0 aromatic heterocycles. The molecule has 19 heavy (non-hydrogen) atoms. The molecule has 2 N–H and O–H groups in total. The highest BCUT2D eigenvalue weighted by Gasteiger charge is 2.33. The number of hydrogen-bond acceptors (Lipinski definition) is 6. The first kappa shape index (κ1) is 13.6. The summed E-state index contributed by atoms with van der Waals surface area (Å²) in [4.78, 5) is 10.6. The molecule has 0 saturated carbocycles. The van der Waals surface area contributed by atoms with Gasteiger partial charge in [-0.25, -0.2) is 0 Å². The number of nitrogens with zero attached hydrogens (tertiary/aromatic N) is 1. The monoisotopic (exact) mass is 268 g/mol. The third-order valence-electron chi connectivity index (χ3n) is 3.09. The van der Waals surface area contributed by atoms with Gasteiger partial charge in [0.05, 0.1) is 18.6 Å². The molecule has 1 saturated heterocycles. The van der Waals surface area contributed by atoms with Crippen LogP contribution in [0, 0.1) is 10.1 Å². The Labute approximate surface area is 110 Å². The lowest BCUT2D eigenvalue weighted by molar-refractivity contribution is -0.384. The normalized spacial score (nSPS) is 22.2. The van der Waals surface area contributed by atoms with Crippen LogP contribution in [-0.2, 0) is 4.74 Å². The van der Waals surface area contributed by atoms with E-state index in [1.165, 1.54) is 13.2 Å². The molecule has 7 heteroatoms. The lowest BCUT2D eigenvalue weighted by atomic mass is 10.0. The molecule has 0 unspecified atom stereocenters. The molecule has 7 nitrogen and oxygen atoms in total. The molecular weight excluding hydrogens is 252 g/mol. The number of aliphatic hydroxyl groups is 1. The number of benzene rings is 1. The zero-order valence-electron chi connectivity index (χ0n) is 10.6. The Morgan fingerprint density at radius 3 is 3.00 bits per heavy atom. The molecule has 104 valence electrons. The molecule has 1 heterocycles. The van der Waals surface area contributed by atoms with E-state index in [2.05, 4.69) is 5.32 Å². The number of ether oxygens (including phenoxy) is 2. The molecule has 0 radical (unpaired) electrons. The van der Waals surface area contributed by atoms with Crippen LogP contribution in [0.1, 0.15) is 6.42 Å². The second-order valence-corrected chi connectivity index (χ2v) is 4.49. The van der Waals surface area contributed by atoms with Crippen LogP contribution in [0.5, 0.6) is 5.75 Å². The maximum absolute atomic E-state index is 11.1. The zero-order valence-corrected chi connectivity index (χ0v) is 10.6. The van der Waals surface area contributed by atoms with Gasteiger partial charge >= 0.3 is 5.69 Å². The molecule has 1 fully saturated rings. The minimum atomic E-state index is -0.975. The highest BCUT2D eigenvalue weighted by Crippen LogP contribution is 2.34. The van der Waals surface area contributed by atoms with Crippen molar-refractivity contribution in [3.63, 3.8) is 0 Å². The summed E-state index contributed by atoms with van der Waals surface area (Å²) in [6.07, 6.45) is 0.512. The Balaban J connectivity index is 2.17. The average Bonchev–Trinajstić information content (AvgIpc) is 2.83. The maximum atomic E-state index is 11.1. The first-order valence-corrected chi connectivity index (χ1v) is 5.91. The van der Waals surface area contributed by atoms with Crippen LogP contribution in [-0.4, -0.2) is 42.5 Å². The molecule has 1 atom stereocenters. The van der Waals surface area contributed by atoms with Gasteiger partial charge < -0.3 is 19.9 Å². The lowest BCUT2D eigenvalue weighted by Crippen LogP contribution is -2.37. The molecule has 0 aliphatic carbocycles. The summed E-state index contributed by atoms with van der Waals surface area (Å²) in [5.74, 6) is 0.185. The van der Waals surface area contributed by atoms with Crippen molar-refractivity contribution in [1.29, 1.82) is 0 Å². The fraction of sp³-hybridized carbons (Fsp3) is 0.500. The minimum absolute atomic E-state index is 0.132. The van der Waals surface area contributed by atoms with Crippen LogP contribution in [0.4, 0.5) is 11.4 Å². The minimum Gasteiger partial charge on any atom is -0.490 e.